The molecule has 0 amide bonds. The molecule has 134 valence electrons. The SMILES string of the molecule is CCn1[nH]cc(C(=O)c2cc(C)c3c(c2C)C(C)CCS3(=O)=O)c1=O. The number of carbonyl (C=O) groups is 1. The molecule has 1 aromatic carbocycles. The topological polar surface area (TPSA) is 89.0 Å². The van der Waals surface area contributed by atoms with Crippen LogP contribution in [0, 0.1) is 13.8 Å². The molecule has 1 aromatic heterocycles. The van der Waals surface area contributed by atoms with Gasteiger partial charge in [0.05, 0.1) is 10.6 Å². The Morgan fingerprint density at radius 2 is 2.00 bits per heavy atom. The second kappa shape index (κ2) is 5.98. The number of hydrogen-bond donors (Lipinski definition) is 1. The van der Waals surface area contributed by atoms with E-state index in [0.717, 1.165) is 5.56 Å². The van der Waals surface area contributed by atoms with Crippen LogP contribution in [0.3, 0.4) is 0 Å². The summed E-state index contributed by atoms with van der Waals surface area (Å²) in [5.74, 6) is -0.177. The highest BCUT2D eigenvalue weighted by molar-refractivity contribution is 7.91. The third-order valence-corrected chi connectivity index (χ3v) is 6.98. The van der Waals surface area contributed by atoms with Crippen molar-refractivity contribution in [2.45, 2.75) is 51.5 Å². The van der Waals surface area contributed by atoms with E-state index in [1.807, 2.05) is 13.8 Å². The molecule has 1 aliphatic rings. The molecular weight excluding hydrogens is 340 g/mol. The number of aromatic nitrogens is 2. The summed E-state index contributed by atoms with van der Waals surface area (Å²) in [6.07, 6.45) is 1.96. The van der Waals surface area contributed by atoms with E-state index in [2.05, 4.69) is 5.10 Å². The van der Waals surface area contributed by atoms with Crippen LogP contribution in [-0.4, -0.2) is 29.7 Å². The van der Waals surface area contributed by atoms with Gasteiger partial charge < -0.3 is 5.10 Å². The summed E-state index contributed by atoms with van der Waals surface area (Å²) in [6, 6.07) is 1.61. The molecule has 0 bridgehead atoms. The molecule has 7 heteroatoms. The van der Waals surface area contributed by atoms with Crippen LogP contribution in [0.4, 0.5) is 0 Å². The van der Waals surface area contributed by atoms with Crippen LogP contribution in [0.5, 0.6) is 0 Å². The summed E-state index contributed by atoms with van der Waals surface area (Å²) in [5, 5.41) is 2.78. The van der Waals surface area contributed by atoms with Crippen LogP contribution >= 0.6 is 0 Å². The molecule has 1 atom stereocenters. The molecule has 2 heterocycles. The van der Waals surface area contributed by atoms with E-state index in [4.69, 9.17) is 0 Å². The Balaban J connectivity index is 2.24. The number of fused-ring (bicyclic) bond motifs is 1. The van der Waals surface area contributed by atoms with Gasteiger partial charge in [-0.15, -0.1) is 0 Å². The van der Waals surface area contributed by atoms with Gasteiger partial charge in [-0.1, -0.05) is 6.92 Å². The normalized spacial score (nSPS) is 18.8. The number of H-pyrrole nitrogens is 1. The number of hydrogen-bond acceptors (Lipinski definition) is 4. The van der Waals surface area contributed by atoms with Crippen molar-refractivity contribution in [1.82, 2.24) is 9.78 Å². The van der Waals surface area contributed by atoms with E-state index in [0.29, 0.717) is 34.6 Å². The van der Waals surface area contributed by atoms with Crippen molar-refractivity contribution in [2.24, 2.45) is 0 Å². The lowest BCUT2D eigenvalue weighted by Crippen LogP contribution is -2.24. The van der Waals surface area contributed by atoms with Crippen molar-refractivity contribution in [3.05, 3.63) is 50.4 Å². The quantitative estimate of drug-likeness (QED) is 0.849. The van der Waals surface area contributed by atoms with E-state index in [9.17, 15) is 18.0 Å². The maximum Gasteiger partial charge on any atom is 0.277 e. The fourth-order valence-electron chi connectivity index (χ4n) is 3.69. The van der Waals surface area contributed by atoms with E-state index in [1.165, 1.54) is 10.9 Å². The molecule has 1 N–H and O–H groups in total. The van der Waals surface area contributed by atoms with Crippen LogP contribution in [0.1, 0.15) is 58.8 Å². The number of sulfone groups is 1. The maximum absolute atomic E-state index is 12.9. The lowest BCUT2D eigenvalue weighted by Gasteiger charge is -2.27. The largest absolute Gasteiger partial charge is 0.302 e. The molecule has 0 spiro atoms. The van der Waals surface area contributed by atoms with Crippen molar-refractivity contribution in [2.75, 3.05) is 5.75 Å². The van der Waals surface area contributed by atoms with Gasteiger partial charge in [0.25, 0.3) is 5.56 Å². The molecule has 0 saturated heterocycles. The first-order valence-electron chi connectivity index (χ1n) is 8.38. The highest BCUT2D eigenvalue weighted by Gasteiger charge is 2.33. The Kier molecular flexibility index (Phi) is 4.23. The average molecular weight is 362 g/mol. The van der Waals surface area contributed by atoms with Gasteiger partial charge in [0.15, 0.2) is 15.6 Å². The number of carbonyl (C=O) groups excluding carboxylic acids is 1. The minimum absolute atomic E-state index is 0.0588. The molecule has 0 fully saturated rings. The Labute approximate surface area is 146 Å². The van der Waals surface area contributed by atoms with Gasteiger partial charge in [0.2, 0.25) is 0 Å². The fraction of sp³-hybridized carbons (Fsp3) is 0.444. The van der Waals surface area contributed by atoms with E-state index < -0.39 is 9.84 Å². The second-order valence-corrected chi connectivity index (χ2v) is 8.73. The Morgan fingerprint density at radius 3 is 2.60 bits per heavy atom. The van der Waals surface area contributed by atoms with Gasteiger partial charge in [-0.2, -0.15) is 0 Å². The van der Waals surface area contributed by atoms with E-state index >= 15 is 0 Å². The first-order chi connectivity index (χ1) is 11.7. The summed E-state index contributed by atoms with van der Waals surface area (Å²) in [6.45, 7) is 7.73. The Bertz CT molecular complexity index is 1030. The second-order valence-electron chi connectivity index (χ2n) is 6.68. The highest BCUT2D eigenvalue weighted by atomic mass is 32.2. The summed E-state index contributed by atoms with van der Waals surface area (Å²) in [5.41, 5.74) is 2.07. The smallest absolute Gasteiger partial charge is 0.277 e. The molecule has 0 aliphatic carbocycles. The number of nitrogens with one attached hydrogen (secondary N) is 1. The minimum atomic E-state index is -3.33. The zero-order chi connectivity index (χ0) is 18.5. The molecule has 1 aliphatic heterocycles. The van der Waals surface area contributed by atoms with Gasteiger partial charge in [0.1, 0.15) is 5.56 Å². The Morgan fingerprint density at radius 1 is 1.32 bits per heavy atom. The van der Waals surface area contributed by atoms with Crippen molar-refractivity contribution in [3.63, 3.8) is 0 Å². The predicted octanol–water partition coefficient (Wildman–Crippen LogP) is 2.33. The molecule has 0 saturated carbocycles. The summed E-state index contributed by atoms with van der Waals surface area (Å²) in [7, 11) is -3.33. The number of aryl methyl sites for hydroxylation is 2. The van der Waals surface area contributed by atoms with Gasteiger partial charge in [-0.05, 0) is 55.9 Å². The van der Waals surface area contributed by atoms with E-state index in [-0.39, 0.29) is 28.6 Å². The number of aromatic amines is 1. The van der Waals surface area contributed by atoms with Crippen LogP contribution in [0.15, 0.2) is 22.0 Å². The molecule has 0 radical (unpaired) electrons. The highest BCUT2D eigenvalue weighted by Crippen LogP contribution is 2.39. The predicted molar refractivity (Wildman–Crippen MR) is 95.2 cm³/mol. The maximum atomic E-state index is 12.9. The Hall–Kier alpha value is -2.15. The minimum Gasteiger partial charge on any atom is -0.302 e. The van der Waals surface area contributed by atoms with Crippen molar-refractivity contribution in [1.29, 1.82) is 0 Å². The summed E-state index contributed by atoms with van der Waals surface area (Å²) < 4.78 is 26.4. The number of rotatable bonds is 3. The van der Waals surface area contributed by atoms with Crippen LogP contribution < -0.4 is 5.56 Å². The van der Waals surface area contributed by atoms with Gasteiger partial charge in [0, 0.05) is 18.3 Å². The van der Waals surface area contributed by atoms with Crippen molar-refractivity contribution < 1.29 is 13.2 Å². The monoisotopic (exact) mass is 362 g/mol. The molecule has 1 unspecified atom stereocenters. The van der Waals surface area contributed by atoms with E-state index in [1.54, 1.807) is 19.9 Å². The fourth-order valence-corrected chi connectivity index (χ4v) is 5.80. The summed E-state index contributed by atoms with van der Waals surface area (Å²) in [4.78, 5) is 25.6. The van der Waals surface area contributed by atoms with Crippen LogP contribution in [0.25, 0.3) is 0 Å². The molecule has 3 rings (SSSR count). The molecule has 6 nitrogen and oxygen atoms in total. The van der Waals surface area contributed by atoms with Crippen LogP contribution in [-0.2, 0) is 16.4 Å². The first kappa shape index (κ1) is 17.7. The lowest BCUT2D eigenvalue weighted by molar-refractivity contribution is 0.103. The van der Waals surface area contributed by atoms with Gasteiger partial charge >= 0.3 is 0 Å². The number of benzene rings is 1. The first-order valence-corrected chi connectivity index (χ1v) is 10.0. The number of ketones is 1. The third kappa shape index (κ3) is 2.66. The zero-order valence-electron chi connectivity index (χ0n) is 14.8. The van der Waals surface area contributed by atoms with Crippen molar-refractivity contribution >= 4 is 15.6 Å². The van der Waals surface area contributed by atoms with Gasteiger partial charge in [-0.25, -0.2) is 8.42 Å². The van der Waals surface area contributed by atoms with Crippen LogP contribution in [0.2, 0.25) is 0 Å². The lowest BCUT2D eigenvalue weighted by atomic mass is 9.87. The standard InChI is InChI=1S/C18H22N2O4S/c1-5-20-18(22)14(9-19-20)16(21)13-8-11(3)17-15(12(13)4)10(2)6-7-25(17,23)24/h8-10,19H,5-7H2,1-4H3. The average Bonchev–Trinajstić information content (AvgIpc) is 2.93. The summed E-state index contributed by atoms with van der Waals surface area (Å²) >= 11 is 0. The van der Waals surface area contributed by atoms with Crippen molar-refractivity contribution in [3.8, 4) is 0 Å². The number of nitrogens with zero attached hydrogens (tertiary/aromatic N) is 1. The van der Waals surface area contributed by atoms with Gasteiger partial charge in [-0.3, -0.25) is 14.3 Å². The zero-order valence-corrected chi connectivity index (χ0v) is 15.7. The molecule has 25 heavy (non-hydrogen) atoms. The molecular formula is C18H22N2O4S. The third-order valence-electron chi connectivity index (χ3n) is 5.04. The molecule has 2 aromatic rings.